The van der Waals surface area contributed by atoms with Crippen molar-refractivity contribution in [2.75, 3.05) is 13.2 Å². The number of imide groups is 1. The normalized spacial score (nSPS) is 21.9. The number of aliphatic hydroxyl groups excluding tert-OH is 1. The molecule has 0 radical (unpaired) electrons. The number of β-amino-alcohol motifs (C(OH)–C–C–N with tert-alkyl or cyclic N) is 1. The van der Waals surface area contributed by atoms with Crippen molar-refractivity contribution >= 4 is 23.3 Å². The second kappa shape index (κ2) is 8.29. The molecule has 1 aliphatic heterocycles. The molecule has 25 heavy (non-hydrogen) atoms. The Morgan fingerprint density at radius 3 is 2.64 bits per heavy atom. The van der Waals surface area contributed by atoms with Gasteiger partial charge >= 0.3 is 6.03 Å². The van der Waals surface area contributed by atoms with Crippen molar-refractivity contribution in [3.63, 3.8) is 0 Å². The molecule has 0 aromatic carbocycles. The highest BCUT2D eigenvalue weighted by molar-refractivity contribution is 7.09. The molecular formula is C18H26N2O4S. The number of carbonyl (C=O) groups excluding carboxylic acids is 2. The molecule has 1 atom stereocenters. The van der Waals surface area contributed by atoms with E-state index in [9.17, 15) is 14.7 Å². The van der Waals surface area contributed by atoms with Crippen LogP contribution in [0.1, 0.15) is 49.8 Å². The van der Waals surface area contributed by atoms with E-state index in [-0.39, 0.29) is 25.1 Å². The molecule has 3 rings (SSSR count). The average molecular weight is 366 g/mol. The van der Waals surface area contributed by atoms with Crippen LogP contribution in [0.15, 0.2) is 17.5 Å². The van der Waals surface area contributed by atoms with E-state index in [0.717, 1.165) is 30.6 Å². The molecule has 6 nitrogen and oxygen atoms in total. The van der Waals surface area contributed by atoms with E-state index in [1.165, 1.54) is 11.3 Å². The van der Waals surface area contributed by atoms with Crippen LogP contribution in [0.25, 0.3) is 0 Å². The summed E-state index contributed by atoms with van der Waals surface area (Å²) in [5, 5.41) is 15.0. The van der Waals surface area contributed by atoms with E-state index < -0.39 is 11.6 Å². The van der Waals surface area contributed by atoms with Crippen molar-refractivity contribution in [2.24, 2.45) is 0 Å². The third-order valence-corrected chi connectivity index (χ3v) is 5.83. The van der Waals surface area contributed by atoms with Gasteiger partial charge in [-0.25, -0.2) is 4.79 Å². The summed E-state index contributed by atoms with van der Waals surface area (Å²) in [7, 11) is 0. The Labute approximate surface area is 152 Å². The largest absolute Gasteiger partial charge is 0.389 e. The Hall–Kier alpha value is -1.44. The highest BCUT2D eigenvalue weighted by Crippen LogP contribution is 2.32. The summed E-state index contributed by atoms with van der Waals surface area (Å²) in [6, 6.07) is 3.52. The van der Waals surface area contributed by atoms with Crippen LogP contribution in [0.3, 0.4) is 0 Å². The molecule has 7 heteroatoms. The first-order chi connectivity index (χ1) is 12.1. The van der Waals surface area contributed by atoms with E-state index in [1.54, 1.807) is 11.3 Å². The van der Waals surface area contributed by atoms with Crippen LogP contribution in [0.5, 0.6) is 0 Å². The first-order valence-corrected chi connectivity index (χ1v) is 9.91. The Morgan fingerprint density at radius 1 is 1.24 bits per heavy atom. The van der Waals surface area contributed by atoms with Crippen LogP contribution in [0.2, 0.25) is 0 Å². The average Bonchev–Trinajstić information content (AvgIpc) is 3.14. The second-order valence-corrected chi connectivity index (χ2v) is 7.98. The molecule has 1 aromatic heterocycles. The van der Waals surface area contributed by atoms with Gasteiger partial charge in [0.1, 0.15) is 5.54 Å². The molecular weight excluding hydrogens is 340 g/mol. The van der Waals surface area contributed by atoms with Crippen molar-refractivity contribution in [3.05, 3.63) is 22.4 Å². The summed E-state index contributed by atoms with van der Waals surface area (Å²) < 4.78 is 5.48. The third-order valence-electron chi connectivity index (χ3n) is 4.98. The molecule has 0 unspecified atom stereocenters. The molecule has 0 bridgehead atoms. The molecule has 1 aliphatic carbocycles. The number of nitrogens with one attached hydrogen (secondary N) is 1. The molecule has 1 saturated heterocycles. The first-order valence-electron chi connectivity index (χ1n) is 9.03. The van der Waals surface area contributed by atoms with Crippen LogP contribution in [-0.4, -0.2) is 46.7 Å². The van der Waals surface area contributed by atoms with Crippen LogP contribution in [0, 0.1) is 0 Å². The lowest BCUT2D eigenvalue weighted by molar-refractivity contribution is -0.133. The summed E-state index contributed by atoms with van der Waals surface area (Å²) in [6.45, 7) is 0.512. The molecule has 1 saturated carbocycles. The van der Waals surface area contributed by atoms with Gasteiger partial charge in [-0.05, 0) is 24.3 Å². The number of aliphatic hydroxyl groups is 1. The van der Waals surface area contributed by atoms with Gasteiger partial charge in [0, 0.05) is 4.88 Å². The minimum atomic E-state index is -0.877. The molecule has 2 aliphatic rings. The van der Waals surface area contributed by atoms with Crippen LogP contribution < -0.4 is 5.32 Å². The van der Waals surface area contributed by atoms with Crippen LogP contribution in [0.4, 0.5) is 4.79 Å². The standard InChI is InChI=1S/C18H26N2O4S/c21-14(12-24-13-15-7-6-10-25-15)11-20-16(22)18(19-17(20)23)8-4-2-1-3-5-9-18/h6-7,10,14,21H,1-5,8-9,11-13H2,(H,19,23)/t14-/m0/s1. The van der Waals surface area contributed by atoms with Crippen molar-refractivity contribution in [1.82, 2.24) is 10.2 Å². The van der Waals surface area contributed by atoms with Gasteiger partial charge < -0.3 is 15.2 Å². The summed E-state index contributed by atoms with van der Waals surface area (Å²) in [4.78, 5) is 27.4. The highest BCUT2D eigenvalue weighted by Gasteiger charge is 2.50. The number of thiophene rings is 1. The fourth-order valence-electron chi connectivity index (χ4n) is 3.64. The number of carbonyl (C=O) groups is 2. The number of hydrogen-bond acceptors (Lipinski definition) is 5. The van der Waals surface area contributed by atoms with Gasteiger partial charge in [-0.3, -0.25) is 9.69 Å². The van der Waals surface area contributed by atoms with Gasteiger partial charge in [-0.2, -0.15) is 0 Å². The second-order valence-electron chi connectivity index (χ2n) is 6.94. The zero-order valence-electron chi connectivity index (χ0n) is 14.4. The number of ether oxygens (including phenoxy) is 1. The van der Waals surface area contributed by atoms with Gasteiger partial charge in [0.2, 0.25) is 0 Å². The Morgan fingerprint density at radius 2 is 1.96 bits per heavy atom. The van der Waals surface area contributed by atoms with Crippen LogP contribution in [-0.2, 0) is 16.1 Å². The number of amides is 3. The molecule has 1 spiro atoms. The van der Waals surface area contributed by atoms with E-state index in [4.69, 9.17) is 4.74 Å². The summed E-state index contributed by atoms with van der Waals surface area (Å²) in [5.74, 6) is -0.184. The summed E-state index contributed by atoms with van der Waals surface area (Å²) in [5.41, 5.74) is -0.755. The topological polar surface area (TPSA) is 78.9 Å². The molecule has 138 valence electrons. The first kappa shape index (κ1) is 18.4. The summed E-state index contributed by atoms with van der Waals surface area (Å²) in [6.07, 6.45) is 5.81. The van der Waals surface area contributed by atoms with E-state index >= 15 is 0 Å². The van der Waals surface area contributed by atoms with Crippen molar-refractivity contribution in [2.45, 2.75) is 63.2 Å². The highest BCUT2D eigenvalue weighted by atomic mass is 32.1. The van der Waals surface area contributed by atoms with E-state index in [1.807, 2.05) is 17.5 Å². The van der Waals surface area contributed by atoms with E-state index in [2.05, 4.69) is 5.32 Å². The van der Waals surface area contributed by atoms with Gasteiger partial charge in [-0.1, -0.05) is 38.2 Å². The SMILES string of the molecule is O=C1NC2(CCCCCCC2)C(=O)N1C[C@H](O)COCc1cccs1. The molecule has 2 fully saturated rings. The molecule has 3 amide bonds. The predicted octanol–water partition coefficient (Wildman–Crippen LogP) is 2.66. The smallest absolute Gasteiger partial charge is 0.325 e. The van der Waals surface area contributed by atoms with E-state index in [0.29, 0.717) is 19.4 Å². The molecule has 2 N–H and O–H groups in total. The minimum Gasteiger partial charge on any atom is -0.389 e. The van der Waals surface area contributed by atoms with Crippen molar-refractivity contribution in [1.29, 1.82) is 0 Å². The van der Waals surface area contributed by atoms with Gasteiger partial charge in [-0.15, -0.1) is 11.3 Å². The maximum absolute atomic E-state index is 12.8. The lowest BCUT2D eigenvalue weighted by atomic mass is 9.84. The zero-order chi connectivity index (χ0) is 17.7. The maximum atomic E-state index is 12.8. The van der Waals surface area contributed by atoms with Gasteiger partial charge in [0.05, 0.1) is 25.9 Å². The van der Waals surface area contributed by atoms with Crippen molar-refractivity contribution in [3.8, 4) is 0 Å². The lowest BCUT2D eigenvalue weighted by Gasteiger charge is -2.28. The Kier molecular flexibility index (Phi) is 6.09. The maximum Gasteiger partial charge on any atom is 0.325 e. The minimum absolute atomic E-state index is 0.0170. The van der Waals surface area contributed by atoms with Crippen molar-refractivity contribution < 1.29 is 19.4 Å². The van der Waals surface area contributed by atoms with Gasteiger partial charge in [0.25, 0.3) is 5.91 Å². The number of hydrogen-bond donors (Lipinski definition) is 2. The number of rotatable bonds is 6. The van der Waals surface area contributed by atoms with Gasteiger partial charge in [0.15, 0.2) is 0 Å². The lowest BCUT2D eigenvalue weighted by Crippen LogP contribution is -2.48. The number of nitrogens with zero attached hydrogens (tertiary/aromatic N) is 1. The fraction of sp³-hybridized carbons (Fsp3) is 0.667. The monoisotopic (exact) mass is 366 g/mol. The predicted molar refractivity (Wildman–Crippen MR) is 95.3 cm³/mol. The molecule has 2 heterocycles. The summed E-state index contributed by atoms with van der Waals surface area (Å²) >= 11 is 1.59. The van der Waals surface area contributed by atoms with Crippen LogP contribution >= 0.6 is 11.3 Å². The Bertz CT molecular complexity index is 582. The number of urea groups is 1. The third kappa shape index (κ3) is 4.40. The quantitative estimate of drug-likeness (QED) is 0.759. The fourth-order valence-corrected chi connectivity index (χ4v) is 4.28. The Balaban J connectivity index is 1.52. The zero-order valence-corrected chi connectivity index (χ0v) is 15.2. The molecule has 1 aromatic rings.